The number of rotatable bonds is 5. The molecule has 0 radical (unpaired) electrons. The third-order valence-electron chi connectivity index (χ3n) is 3.61. The Morgan fingerprint density at radius 2 is 1.96 bits per heavy atom. The molecule has 0 atom stereocenters. The van der Waals surface area contributed by atoms with E-state index in [9.17, 15) is 12.8 Å². The summed E-state index contributed by atoms with van der Waals surface area (Å²) < 4.78 is 40.4. The van der Waals surface area contributed by atoms with E-state index in [1.54, 1.807) is 11.5 Å². The van der Waals surface area contributed by atoms with E-state index in [1.807, 2.05) is 20.8 Å². The number of imidazole rings is 1. The molecule has 0 aliphatic heterocycles. The Balaban J connectivity index is 2.45. The molecule has 23 heavy (non-hydrogen) atoms. The molecule has 2 aromatic rings. The lowest BCUT2D eigenvalue weighted by Crippen LogP contribution is -2.16. The monoisotopic (exact) mass is 358 g/mol. The zero-order valence-electron chi connectivity index (χ0n) is 13.6. The summed E-state index contributed by atoms with van der Waals surface area (Å²) >= 11 is 5.95. The molecule has 0 aliphatic carbocycles. The molecular formula is C16H20ClFN2O2S. The van der Waals surface area contributed by atoms with Gasteiger partial charge in [-0.2, -0.15) is 0 Å². The largest absolute Gasteiger partial charge is 0.319 e. The maximum absolute atomic E-state index is 13.1. The maximum atomic E-state index is 13.1. The quantitative estimate of drug-likeness (QED) is 0.813. The van der Waals surface area contributed by atoms with E-state index >= 15 is 0 Å². The summed E-state index contributed by atoms with van der Waals surface area (Å²) in [5.41, 5.74) is 1.89. The third kappa shape index (κ3) is 3.93. The molecule has 0 spiro atoms. The van der Waals surface area contributed by atoms with Crippen molar-refractivity contribution in [3.8, 4) is 0 Å². The molecule has 0 unspecified atom stereocenters. The molecule has 7 heteroatoms. The minimum atomic E-state index is -3.68. The van der Waals surface area contributed by atoms with Gasteiger partial charge >= 0.3 is 0 Å². The van der Waals surface area contributed by atoms with Gasteiger partial charge in [0.1, 0.15) is 5.82 Å². The Morgan fingerprint density at radius 3 is 2.52 bits per heavy atom. The summed E-state index contributed by atoms with van der Waals surface area (Å²) in [5, 5.41) is 0.144. The predicted molar refractivity (Wildman–Crippen MR) is 88.8 cm³/mol. The van der Waals surface area contributed by atoms with Gasteiger partial charge < -0.3 is 4.57 Å². The molecule has 0 aliphatic rings. The van der Waals surface area contributed by atoms with Crippen LogP contribution in [0.1, 0.15) is 30.8 Å². The second kappa shape index (κ2) is 6.61. The van der Waals surface area contributed by atoms with E-state index < -0.39 is 15.7 Å². The highest BCUT2D eigenvalue weighted by Gasteiger charge is 2.25. The van der Waals surface area contributed by atoms with Crippen LogP contribution >= 0.6 is 11.6 Å². The van der Waals surface area contributed by atoms with Gasteiger partial charge in [0.25, 0.3) is 0 Å². The summed E-state index contributed by atoms with van der Waals surface area (Å²) in [5.74, 6) is -0.519. The molecule has 0 N–H and O–H groups in total. The second-order valence-corrected chi connectivity index (χ2v) is 8.35. The van der Waals surface area contributed by atoms with Gasteiger partial charge in [0, 0.05) is 17.3 Å². The fourth-order valence-corrected chi connectivity index (χ4v) is 4.28. The molecule has 0 amide bonds. The van der Waals surface area contributed by atoms with E-state index in [0.717, 1.165) is 11.8 Å². The van der Waals surface area contributed by atoms with Gasteiger partial charge in [-0.05, 0) is 37.5 Å². The number of hydrogen-bond donors (Lipinski definition) is 0. The SMILES string of the molecule is Cc1nc(S(=O)(=O)Cc2ccc(F)cc2Cl)n(CC(C)C)c1C. The van der Waals surface area contributed by atoms with Crippen molar-refractivity contribution in [2.45, 2.75) is 45.1 Å². The Kier molecular flexibility index (Phi) is 5.16. The van der Waals surface area contributed by atoms with Crippen molar-refractivity contribution >= 4 is 21.4 Å². The smallest absolute Gasteiger partial charge is 0.228 e. The van der Waals surface area contributed by atoms with E-state index in [2.05, 4.69) is 4.98 Å². The summed E-state index contributed by atoms with van der Waals surface area (Å²) in [6.07, 6.45) is 0. The van der Waals surface area contributed by atoms with Crippen LogP contribution in [0.3, 0.4) is 0 Å². The molecule has 1 aromatic carbocycles. The van der Waals surface area contributed by atoms with Gasteiger partial charge in [-0.1, -0.05) is 31.5 Å². The Morgan fingerprint density at radius 1 is 1.30 bits per heavy atom. The molecule has 2 rings (SSSR count). The van der Waals surface area contributed by atoms with Gasteiger partial charge in [-0.3, -0.25) is 0 Å². The number of benzene rings is 1. The van der Waals surface area contributed by atoms with Crippen LogP contribution < -0.4 is 0 Å². The number of hydrogen-bond acceptors (Lipinski definition) is 3. The highest BCUT2D eigenvalue weighted by atomic mass is 35.5. The molecule has 1 aromatic heterocycles. The van der Waals surface area contributed by atoms with Crippen LogP contribution in [0.25, 0.3) is 0 Å². The fourth-order valence-electron chi connectivity index (χ4n) is 2.35. The van der Waals surface area contributed by atoms with Crippen molar-refractivity contribution in [1.82, 2.24) is 9.55 Å². The number of halogens is 2. The average molecular weight is 359 g/mol. The Bertz CT molecular complexity index is 829. The van der Waals surface area contributed by atoms with Gasteiger partial charge in [0.15, 0.2) is 0 Å². The number of aryl methyl sites for hydroxylation is 1. The van der Waals surface area contributed by atoms with E-state index in [0.29, 0.717) is 17.8 Å². The maximum Gasteiger partial charge on any atom is 0.228 e. The van der Waals surface area contributed by atoms with Gasteiger partial charge in [-0.15, -0.1) is 0 Å². The van der Waals surface area contributed by atoms with Gasteiger partial charge in [0.2, 0.25) is 15.0 Å². The lowest BCUT2D eigenvalue weighted by Gasteiger charge is -2.13. The van der Waals surface area contributed by atoms with Crippen LogP contribution in [0.2, 0.25) is 5.02 Å². The summed E-state index contributed by atoms with van der Waals surface area (Å²) in [6.45, 7) is 8.24. The van der Waals surface area contributed by atoms with Crippen LogP contribution in [0.15, 0.2) is 23.4 Å². The lowest BCUT2D eigenvalue weighted by molar-refractivity contribution is 0.475. The lowest BCUT2D eigenvalue weighted by atomic mass is 10.2. The molecular weight excluding hydrogens is 339 g/mol. The van der Waals surface area contributed by atoms with E-state index in [4.69, 9.17) is 11.6 Å². The zero-order chi connectivity index (χ0) is 17.4. The Hall–Kier alpha value is -1.40. The van der Waals surface area contributed by atoms with Crippen molar-refractivity contribution in [3.05, 3.63) is 46.0 Å². The molecule has 0 bridgehead atoms. The van der Waals surface area contributed by atoms with Crippen molar-refractivity contribution < 1.29 is 12.8 Å². The first kappa shape index (κ1) is 17.9. The third-order valence-corrected chi connectivity index (χ3v) is 5.52. The number of sulfone groups is 1. The minimum Gasteiger partial charge on any atom is -0.319 e. The highest BCUT2D eigenvalue weighted by molar-refractivity contribution is 7.90. The Labute approximate surface area is 141 Å². The molecule has 4 nitrogen and oxygen atoms in total. The first-order valence-electron chi connectivity index (χ1n) is 7.32. The van der Waals surface area contributed by atoms with Crippen molar-refractivity contribution in [2.24, 2.45) is 5.92 Å². The van der Waals surface area contributed by atoms with Crippen LogP contribution in [-0.4, -0.2) is 18.0 Å². The number of nitrogens with zero attached hydrogens (tertiary/aromatic N) is 2. The van der Waals surface area contributed by atoms with Crippen molar-refractivity contribution in [3.63, 3.8) is 0 Å². The first-order chi connectivity index (χ1) is 10.6. The molecule has 0 saturated carbocycles. The molecule has 0 fully saturated rings. The van der Waals surface area contributed by atoms with Crippen LogP contribution in [0.5, 0.6) is 0 Å². The second-order valence-electron chi connectivity index (χ2n) is 6.06. The van der Waals surface area contributed by atoms with Crippen molar-refractivity contribution in [2.75, 3.05) is 0 Å². The molecule has 1 heterocycles. The summed E-state index contributed by atoms with van der Waals surface area (Å²) in [7, 11) is -3.68. The highest BCUT2D eigenvalue weighted by Crippen LogP contribution is 2.25. The van der Waals surface area contributed by atoms with Gasteiger partial charge in [0.05, 0.1) is 11.4 Å². The van der Waals surface area contributed by atoms with Crippen LogP contribution in [-0.2, 0) is 22.1 Å². The topological polar surface area (TPSA) is 52.0 Å². The fraction of sp³-hybridized carbons (Fsp3) is 0.438. The predicted octanol–water partition coefficient (Wildman–Crippen LogP) is 3.92. The van der Waals surface area contributed by atoms with Gasteiger partial charge in [-0.25, -0.2) is 17.8 Å². The normalized spacial score (nSPS) is 12.1. The first-order valence-corrected chi connectivity index (χ1v) is 9.35. The molecule has 126 valence electrons. The zero-order valence-corrected chi connectivity index (χ0v) is 15.2. The summed E-state index contributed by atoms with van der Waals surface area (Å²) in [6, 6.07) is 3.71. The van der Waals surface area contributed by atoms with Crippen molar-refractivity contribution in [1.29, 1.82) is 0 Å². The van der Waals surface area contributed by atoms with Crippen LogP contribution in [0, 0.1) is 25.6 Å². The van der Waals surface area contributed by atoms with E-state index in [1.165, 1.54) is 12.1 Å². The average Bonchev–Trinajstić information content (AvgIpc) is 2.70. The molecule has 0 saturated heterocycles. The van der Waals surface area contributed by atoms with Crippen LogP contribution in [0.4, 0.5) is 4.39 Å². The summed E-state index contributed by atoms with van der Waals surface area (Å²) in [4.78, 5) is 4.24. The standard InChI is InChI=1S/C16H20ClFN2O2S/c1-10(2)8-20-12(4)11(3)19-16(20)23(21,22)9-13-5-6-14(18)7-15(13)17/h5-7,10H,8-9H2,1-4H3. The minimum absolute atomic E-state index is 0.0431. The number of aromatic nitrogens is 2. The van der Waals surface area contributed by atoms with E-state index in [-0.39, 0.29) is 21.8 Å².